The lowest BCUT2D eigenvalue weighted by molar-refractivity contribution is -0.134. The standard InChI is InChI=1S/C15H29N3O/c1-3-18-9-4-6-13(18)11-17(2)14(19)10-15(12-16)7-5-8-15/h13H,3-12,16H2,1-2H3. The van der Waals surface area contributed by atoms with Crippen LogP contribution in [0.3, 0.4) is 0 Å². The Morgan fingerprint density at radius 2 is 2.16 bits per heavy atom. The van der Waals surface area contributed by atoms with Crippen molar-refractivity contribution < 1.29 is 4.79 Å². The Morgan fingerprint density at radius 1 is 1.42 bits per heavy atom. The van der Waals surface area contributed by atoms with Crippen molar-refractivity contribution in [2.24, 2.45) is 11.1 Å². The minimum Gasteiger partial charge on any atom is -0.344 e. The Hall–Kier alpha value is -0.610. The molecule has 1 saturated heterocycles. The third-order valence-corrected chi connectivity index (χ3v) is 5.19. The van der Waals surface area contributed by atoms with E-state index in [-0.39, 0.29) is 11.3 Å². The van der Waals surface area contributed by atoms with Crippen molar-refractivity contribution in [3.63, 3.8) is 0 Å². The molecule has 0 aromatic carbocycles. The number of hydrogen-bond acceptors (Lipinski definition) is 3. The van der Waals surface area contributed by atoms with E-state index in [4.69, 9.17) is 5.73 Å². The SMILES string of the molecule is CCN1CCCC1CN(C)C(=O)CC1(CN)CCC1. The summed E-state index contributed by atoms with van der Waals surface area (Å²) in [6, 6.07) is 0.564. The van der Waals surface area contributed by atoms with Crippen LogP contribution in [-0.4, -0.2) is 55.0 Å². The average molecular weight is 267 g/mol. The van der Waals surface area contributed by atoms with E-state index >= 15 is 0 Å². The molecule has 0 aromatic rings. The van der Waals surface area contributed by atoms with Crippen LogP contribution >= 0.6 is 0 Å². The lowest BCUT2D eigenvalue weighted by atomic mass is 9.66. The van der Waals surface area contributed by atoms with Crippen LogP contribution in [0.5, 0.6) is 0 Å². The van der Waals surface area contributed by atoms with Gasteiger partial charge in [-0.25, -0.2) is 0 Å². The van der Waals surface area contributed by atoms with Crippen LogP contribution in [0, 0.1) is 5.41 Å². The molecule has 1 aliphatic carbocycles. The van der Waals surface area contributed by atoms with Crippen LogP contribution in [-0.2, 0) is 4.79 Å². The van der Waals surface area contributed by atoms with E-state index in [1.165, 1.54) is 25.8 Å². The van der Waals surface area contributed by atoms with Crippen LogP contribution in [0.1, 0.15) is 45.4 Å². The van der Waals surface area contributed by atoms with Crippen molar-refractivity contribution in [1.29, 1.82) is 0 Å². The molecule has 4 heteroatoms. The van der Waals surface area contributed by atoms with E-state index in [9.17, 15) is 4.79 Å². The first kappa shape index (κ1) is 14.8. The zero-order valence-corrected chi connectivity index (χ0v) is 12.5. The van der Waals surface area contributed by atoms with Crippen molar-refractivity contribution in [2.75, 3.05) is 33.2 Å². The third-order valence-electron chi connectivity index (χ3n) is 5.19. The molecule has 0 radical (unpaired) electrons. The highest BCUT2D eigenvalue weighted by molar-refractivity contribution is 5.76. The maximum atomic E-state index is 12.3. The zero-order valence-electron chi connectivity index (χ0n) is 12.5. The molecule has 2 rings (SSSR count). The predicted octanol–water partition coefficient (Wildman–Crippen LogP) is 1.45. The molecule has 1 atom stereocenters. The van der Waals surface area contributed by atoms with Crippen molar-refractivity contribution in [2.45, 2.75) is 51.5 Å². The van der Waals surface area contributed by atoms with Gasteiger partial charge in [0.25, 0.3) is 0 Å². The smallest absolute Gasteiger partial charge is 0.222 e. The normalized spacial score (nSPS) is 26.2. The topological polar surface area (TPSA) is 49.6 Å². The van der Waals surface area contributed by atoms with Crippen LogP contribution in [0.2, 0.25) is 0 Å². The zero-order chi connectivity index (χ0) is 13.9. The fraction of sp³-hybridized carbons (Fsp3) is 0.933. The van der Waals surface area contributed by atoms with E-state index < -0.39 is 0 Å². The first-order valence-corrected chi connectivity index (χ1v) is 7.78. The molecule has 0 aromatic heterocycles. The Balaban J connectivity index is 1.82. The second kappa shape index (κ2) is 6.23. The average Bonchev–Trinajstić information content (AvgIpc) is 2.80. The molecular formula is C15H29N3O. The third kappa shape index (κ3) is 3.29. The number of nitrogens with two attached hydrogens (primary N) is 1. The molecule has 19 heavy (non-hydrogen) atoms. The molecule has 1 heterocycles. The first-order chi connectivity index (χ1) is 9.10. The van der Waals surface area contributed by atoms with Crippen molar-refractivity contribution in [1.82, 2.24) is 9.80 Å². The summed E-state index contributed by atoms with van der Waals surface area (Å²) in [6.07, 6.45) is 6.65. The molecule has 1 amide bonds. The molecule has 1 saturated carbocycles. The first-order valence-electron chi connectivity index (χ1n) is 7.78. The van der Waals surface area contributed by atoms with Crippen molar-refractivity contribution >= 4 is 5.91 Å². The molecule has 1 unspecified atom stereocenters. The number of carbonyl (C=O) groups excluding carboxylic acids is 1. The van der Waals surface area contributed by atoms with Gasteiger partial charge < -0.3 is 10.6 Å². The van der Waals surface area contributed by atoms with E-state index in [2.05, 4.69) is 11.8 Å². The van der Waals surface area contributed by atoms with Crippen molar-refractivity contribution in [3.05, 3.63) is 0 Å². The number of hydrogen-bond donors (Lipinski definition) is 1. The lowest BCUT2D eigenvalue weighted by Crippen LogP contribution is -2.45. The van der Waals surface area contributed by atoms with Gasteiger partial charge in [0.2, 0.25) is 5.91 Å². The van der Waals surface area contributed by atoms with Gasteiger partial charge in [-0.1, -0.05) is 13.3 Å². The summed E-state index contributed by atoms with van der Waals surface area (Å²) >= 11 is 0. The highest BCUT2D eigenvalue weighted by atomic mass is 16.2. The molecule has 4 nitrogen and oxygen atoms in total. The number of amides is 1. The number of rotatable bonds is 6. The maximum absolute atomic E-state index is 12.3. The van der Waals surface area contributed by atoms with E-state index in [0.717, 1.165) is 25.9 Å². The summed E-state index contributed by atoms with van der Waals surface area (Å²) in [5, 5.41) is 0. The number of nitrogens with zero attached hydrogens (tertiary/aromatic N) is 2. The molecule has 1 aliphatic heterocycles. The Morgan fingerprint density at radius 3 is 2.68 bits per heavy atom. The predicted molar refractivity (Wildman–Crippen MR) is 77.9 cm³/mol. The van der Waals surface area contributed by atoms with Gasteiger partial charge >= 0.3 is 0 Å². The molecule has 2 aliphatic rings. The molecular weight excluding hydrogens is 238 g/mol. The van der Waals surface area contributed by atoms with Gasteiger partial charge in [-0.15, -0.1) is 0 Å². The minimum atomic E-state index is 0.130. The summed E-state index contributed by atoms with van der Waals surface area (Å²) in [5.74, 6) is 0.285. The van der Waals surface area contributed by atoms with Gasteiger partial charge in [0.1, 0.15) is 0 Å². The van der Waals surface area contributed by atoms with Gasteiger partial charge in [-0.3, -0.25) is 9.69 Å². The highest BCUT2D eigenvalue weighted by Crippen LogP contribution is 2.43. The van der Waals surface area contributed by atoms with Gasteiger partial charge in [0.15, 0.2) is 0 Å². The molecule has 0 spiro atoms. The molecule has 110 valence electrons. The summed E-state index contributed by atoms with van der Waals surface area (Å²) in [7, 11) is 1.96. The van der Waals surface area contributed by atoms with Gasteiger partial charge in [0.05, 0.1) is 0 Å². The van der Waals surface area contributed by atoms with E-state index in [1.807, 2.05) is 11.9 Å². The van der Waals surface area contributed by atoms with Gasteiger partial charge in [-0.2, -0.15) is 0 Å². The Bertz CT molecular complexity index is 309. The summed E-state index contributed by atoms with van der Waals surface area (Å²) in [6.45, 7) is 6.04. The van der Waals surface area contributed by atoms with Crippen LogP contribution in [0.25, 0.3) is 0 Å². The highest BCUT2D eigenvalue weighted by Gasteiger charge is 2.38. The number of carbonyl (C=O) groups is 1. The van der Waals surface area contributed by atoms with E-state index in [1.54, 1.807) is 0 Å². The molecule has 0 bridgehead atoms. The van der Waals surface area contributed by atoms with Crippen LogP contribution in [0.15, 0.2) is 0 Å². The van der Waals surface area contributed by atoms with Crippen LogP contribution in [0.4, 0.5) is 0 Å². The van der Waals surface area contributed by atoms with Gasteiger partial charge in [0, 0.05) is 26.1 Å². The fourth-order valence-corrected chi connectivity index (χ4v) is 3.52. The quantitative estimate of drug-likeness (QED) is 0.792. The summed E-state index contributed by atoms with van der Waals surface area (Å²) in [5.41, 5.74) is 5.98. The summed E-state index contributed by atoms with van der Waals surface area (Å²) in [4.78, 5) is 16.8. The number of likely N-dealkylation sites (N-methyl/N-ethyl adjacent to an activating group) is 2. The Labute approximate surface area is 117 Å². The minimum absolute atomic E-state index is 0.130. The monoisotopic (exact) mass is 267 g/mol. The second-order valence-electron chi connectivity index (χ2n) is 6.43. The largest absolute Gasteiger partial charge is 0.344 e. The summed E-state index contributed by atoms with van der Waals surface area (Å²) < 4.78 is 0. The second-order valence-corrected chi connectivity index (χ2v) is 6.43. The maximum Gasteiger partial charge on any atom is 0.222 e. The fourth-order valence-electron chi connectivity index (χ4n) is 3.52. The Kier molecular flexibility index (Phi) is 4.85. The van der Waals surface area contributed by atoms with Crippen LogP contribution < -0.4 is 5.73 Å². The molecule has 2 N–H and O–H groups in total. The van der Waals surface area contributed by atoms with E-state index in [0.29, 0.717) is 19.0 Å². The van der Waals surface area contributed by atoms with Crippen molar-refractivity contribution in [3.8, 4) is 0 Å². The lowest BCUT2D eigenvalue weighted by Gasteiger charge is -2.41. The number of likely N-dealkylation sites (tertiary alicyclic amines) is 1. The molecule has 2 fully saturated rings. The van der Waals surface area contributed by atoms with Gasteiger partial charge in [-0.05, 0) is 50.7 Å².